The Hall–Kier alpha value is -2.52. The topological polar surface area (TPSA) is 69.7 Å². The van der Waals surface area contributed by atoms with Crippen molar-refractivity contribution in [2.24, 2.45) is 0 Å². The summed E-state index contributed by atoms with van der Waals surface area (Å²) in [5.41, 5.74) is -1.12. The highest BCUT2D eigenvalue weighted by Gasteiger charge is 2.42. The molecule has 0 fully saturated rings. The zero-order valence-electron chi connectivity index (χ0n) is 16.3. The Kier molecular flexibility index (Phi) is 8.83. The van der Waals surface area contributed by atoms with Crippen molar-refractivity contribution in [1.29, 1.82) is 0 Å². The van der Waals surface area contributed by atoms with E-state index in [9.17, 15) is 14.2 Å². The Balaban J connectivity index is 2.20. The van der Waals surface area contributed by atoms with Crippen LogP contribution in [0.15, 0.2) is 48.5 Å². The van der Waals surface area contributed by atoms with Crippen LogP contribution in [0.25, 0.3) is 0 Å². The van der Waals surface area contributed by atoms with Crippen LogP contribution in [0.5, 0.6) is 11.5 Å². The lowest BCUT2D eigenvalue weighted by molar-refractivity contribution is 0.104. The Morgan fingerprint density at radius 1 is 0.750 bits per heavy atom. The van der Waals surface area contributed by atoms with E-state index in [2.05, 4.69) is 0 Å². The first-order valence-electron chi connectivity index (χ1n) is 9.59. The number of unbranched alkanes of at least 4 members (excludes halogenated alkanes) is 2. The van der Waals surface area contributed by atoms with E-state index in [4.69, 9.17) is 9.47 Å². The van der Waals surface area contributed by atoms with Crippen LogP contribution in [-0.2, 0) is 4.57 Å². The molecule has 6 heteroatoms. The van der Waals surface area contributed by atoms with E-state index in [0.29, 0.717) is 24.7 Å². The predicted octanol–water partition coefficient (Wildman–Crippen LogP) is 5.85. The van der Waals surface area contributed by atoms with Gasteiger partial charge in [-0.05, 0) is 37.1 Å². The average Bonchev–Trinajstić information content (AvgIpc) is 2.73. The highest BCUT2D eigenvalue weighted by Crippen LogP contribution is 2.37. The monoisotopic (exact) mass is 401 g/mol. The lowest BCUT2D eigenvalue weighted by Gasteiger charge is -2.08. The molecule has 28 heavy (non-hydrogen) atoms. The molecule has 0 N–H and O–H groups in total. The van der Waals surface area contributed by atoms with Gasteiger partial charge in [0, 0.05) is 0 Å². The molecule has 5 nitrogen and oxygen atoms in total. The smallest absolute Gasteiger partial charge is 0.493 e. The number of carbonyl (C=O) groups excluding carboxylic acids is 2. The van der Waals surface area contributed by atoms with Gasteiger partial charge in [-0.1, -0.05) is 55.5 Å². The maximum atomic E-state index is 12.8. The molecule has 0 aromatic heterocycles. The number of hydrogen-bond acceptors (Lipinski definition) is 5. The molecule has 2 aromatic carbocycles. The van der Waals surface area contributed by atoms with Gasteiger partial charge in [-0.2, -0.15) is 0 Å². The van der Waals surface area contributed by atoms with Gasteiger partial charge in [0.2, 0.25) is 0 Å². The molecule has 148 valence electrons. The summed E-state index contributed by atoms with van der Waals surface area (Å²) in [6.07, 6.45) is 3.60. The van der Waals surface area contributed by atoms with Gasteiger partial charge in [0.15, 0.2) is 0 Å². The number of carbonyl (C=O) groups is 2. The Morgan fingerprint density at radius 2 is 1.14 bits per heavy atom. The van der Waals surface area contributed by atoms with E-state index in [-0.39, 0.29) is 11.1 Å². The third kappa shape index (κ3) is 5.74. The van der Waals surface area contributed by atoms with Crippen molar-refractivity contribution < 1.29 is 23.6 Å². The zero-order chi connectivity index (χ0) is 20.4. The Bertz CT molecular complexity index is 764. The second-order valence-electron chi connectivity index (χ2n) is 6.30. The van der Waals surface area contributed by atoms with Crippen LogP contribution in [0.1, 0.15) is 60.2 Å². The molecule has 0 saturated heterocycles. The Morgan fingerprint density at radius 3 is 1.54 bits per heavy atom. The van der Waals surface area contributed by atoms with E-state index in [1.807, 2.05) is 13.8 Å². The van der Waals surface area contributed by atoms with Crippen molar-refractivity contribution in [1.82, 2.24) is 0 Å². The molecule has 0 aliphatic carbocycles. The summed E-state index contributed by atoms with van der Waals surface area (Å²) in [4.78, 5) is 25.5. The van der Waals surface area contributed by atoms with Crippen molar-refractivity contribution in [3.63, 3.8) is 0 Å². The molecule has 0 heterocycles. The third-order valence-corrected chi connectivity index (χ3v) is 5.33. The molecule has 2 aromatic rings. The molecule has 0 atom stereocenters. The van der Waals surface area contributed by atoms with Gasteiger partial charge in [-0.15, -0.1) is 0 Å². The number of rotatable bonds is 12. The molecule has 2 rings (SSSR count). The van der Waals surface area contributed by atoms with E-state index in [1.54, 1.807) is 36.4 Å². The van der Waals surface area contributed by atoms with E-state index in [0.717, 1.165) is 25.7 Å². The highest BCUT2D eigenvalue weighted by molar-refractivity contribution is 7.80. The van der Waals surface area contributed by atoms with Crippen molar-refractivity contribution in [2.75, 3.05) is 13.2 Å². The lowest BCUT2D eigenvalue weighted by atomic mass is 10.2. The van der Waals surface area contributed by atoms with Crippen LogP contribution >= 0.6 is 7.80 Å². The lowest BCUT2D eigenvalue weighted by Crippen LogP contribution is -2.07. The molecule has 0 unspecified atom stereocenters. The minimum atomic E-state index is -2.81. The predicted molar refractivity (Wildman–Crippen MR) is 110 cm³/mol. The largest absolute Gasteiger partial charge is 0.502 e. The quantitative estimate of drug-likeness (QED) is 0.329. The SMILES string of the molecule is CCCCOc1ccccc1C(=O)[P+](=O)C(=O)c1ccccc1OCCCC. The van der Waals surface area contributed by atoms with Crippen LogP contribution in [0, 0.1) is 0 Å². The third-order valence-electron chi connectivity index (χ3n) is 4.11. The molecule has 0 amide bonds. The second-order valence-corrected chi connectivity index (χ2v) is 7.70. The molecule has 0 radical (unpaired) electrons. The molecule has 0 aliphatic rings. The standard InChI is InChI=1S/C22H26O5P/c1-3-5-15-26-19-13-9-7-11-17(19)21(23)28(25)22(24)18-12-8-10-14-20(18)27-16-6-4-2/h7-14H,3-6,15-16H2,1-2H3/q+1. The van der Waals surface area contributed by atoms with Gasteiger partial charge in [-0.25, -0.2) is 9.59 Å². The fourth-order valence-corrected chi connectivity index (χ4v) is 3.49. The number of para-hydroxylation sites is 2. The number of hydrogen-bond donors (Lipinski definition) is 0. The van der Waals surface area contributed by atoms with Crippen molar-refractivity contribution in [2.45, 2.75) is 39.5 Å². The van der Waals surface area contributed by atoms with E-state index < -0.39 is 18.8 Å². The first-order chi connectivity index (χ1) is 13.6. The fourth-order valence-electron chi connectivity index (χ4n) is 2.50. The molecule has 0 saturated carbocycles. The summed E-state index contributed by atoms with van der Waals surface area (Å²) < 4.78 is 24.0. The highest BCUT2D eigenvalue weighted by atomic mass is 31.1. The minimum Gasteiger partial charge on any atom is -0.493 e. The van der Waals surface area contributed by atoms with Crippen molar-refractivity contribution in [3.8, 4) is 11.5 Å². The summed E-state index contributed by atoms with van der Waals surface area (Å²) in [5.74, 6) is 0.703. The van der Waals surface area contributed by atoms with Gasteiger partial charge in [0.25, 0.3) is 0 Å². The Labute approximate surface area is 166 Å². The van der Waals surface area contributed by atoms with Gasteiger partial charge in [-0.3, -0.25) is 0 Å². The number of benzene rings is 2. The maximum absolute atomic E-state index is 12.8. The first kappa shape index (κ1) is 21.8. The van der Waals surface area contributed by atoms with Crippen LogP contribution < -0.4 is 9.47 Å². The van der Waals surface area contributed by atoms with Gasteiger partial charge >= 0.3 is 18.8 Å². The second kappa shape index (κ2) is 11.4. The molecular weight excluding hydrogens is 375 g/mol. The van der Waals surface area contributed by atoms with E-state index in [1.165, 1.54) is 12.1 Å². The molecular formula is C22H26O5P+. The summed E-state index contributed by atoms with van der Waals surface area (Å²) in [6.45, 7) is 4.99. The van der Waals surface area contributed by atoms with Crippen molar-refractivity contribution >= 4 is 18.8 Å². The molecule has 0 spiro atoms. The summed E-state index contributed by atoms with van der Waals surface area (Å²) in [5, 5.41) is 0. The maximum Gasteiger partial charge on any atom is 0.502 e. The average molecular weight is 401 g/mol. The van der Waals surface area contributed by atoms with Crippen LogP contribution in [-0.4, -0.2) is 24.3 Å². The van der Waals surface area contributed by atoms with Gasteiger partial charge < -0.3 is 9.47 Å². The molecule has 0 bridgehead atoms. The zero-order valence-corrected chi connectivity index (χ0v) is 17.2. The summed E-state index contributed by atoms with van der Waals surface area (Å²) in [6, 6.07) is 13.2. The van der Waals surface area contributed by atoms with E-state index >= 15 is 0 Å². The number of ether oxygens (including phenoxy) is 2. The summed E-state index contributed by atoms with van der Waals surface area (Å²) in [7, 11) is -2.81. The molecule has 0 aliphatic heterocycles. The van der Waals surface area contributed by atoms with Crippen LogP contribution in [0.2, 0.25) is 0 Å². The first-order valence-corrected chi connectivity index (χ1v) is 10.9. The van der Waals surface area contributed by atoms with Crippen LogP contribution in [0.3, 0.4) is 0 Å². The van der Waals surface area contributed by atoms with Gasteiger partial charge in [0.1, 0.15) is 22.6 Å². The van der Waals surface area contributed by atoms with Crippen molar-refractivity contribution in [3.05, 3.63) is 59.7 Å². The minimum absolute atomic E-state index is 0.164. The van der Waals surface area contributed by atoms with Crippen LogP contribution in [0.4, 0.5) is 0 Å². The normalized spacial score (nSPS) is 10.4. The summed E-state index contributed by atoms with van der Waals surface area (Å²) >= 11 is 0. The van der Waals surface area contributed by atoms with Gasteiger partial charge in [0.05, 0.1) is 13.2 Å². The fraction of sp³-hybridized carbons (Fsp3) is 0.364.